The van der Waals surface area contributed by atoms with Crippen molar-refractivity contribution in [2.75, 3.05) is 5.73 Å². The zero-order valence-corrected chi connectivity index (χ0v) is 10.0. The van der Waals surface area contributed by atoms with Crippen molar-refractivity contribution < 1.29 is 9.50 Å². The van der Waals surface area contributed by atoms with E-state index in [-0.39, 0.29) is 11.9 Å². The lowest BCUT2D eigenvalue weighted by atomic mass is 9.92. The zero-order valence-electron chi connectivity index (χ0n) is 10.0. The molecule has 1 aliphatic rings. The van der Waals surface area contributed by atoms with Crippen molar-refractivity contribution >= 4 is 17.0 Å². The number of aliphatic hydroxyl groups is 1. The van der Waals surface area contributed by atoms with Gasteiger partial charge in [0.25, 0.3) is 0 Å². The molecule has 0 radical (unpaired) electrons. The van der Waals surface area contributed by atoms with Gasteiger partial charge < -0.3 is 15.4 Å². The molecule has 0 aliphatic heterocycles. The van der Waals surface area contributed by atoms with Gasteiger partial charge in [-0.25, -0.2) is 9.37 Å². The molecule has 1 heterocycles. The summed E-state index contributed by atoms with van der Waals surface area (Å²) in [4.78, 5) is 4.17. The van der Waals surface area contributed by atoms with Gasteiger partial charge in [-0.15, -0.1) is 0 Å². The highest BCUT2D eigenvalue weighted by Gasteiger charge is 2.27. The van der Waals surface area contributed by atoms with E-state index in [1.807, 2.05) is 4.57 Å². The second kappa shape index (κ2) is 4.24. The molecule has 0 bridgehead atoms. The number of hydrogen-bond acceptors (Lipinski definition) is 3. The first-order chi connectivity index (χ1) is 8.66. The number of aromatic nitrogens is 2. The van der Waals surface area contributed by atoms with E-state index in [1.54, 1.807) is 6.07 Å². The Morgan fingerprint density at radius 3 is 2.89 bits per heavy atom. The normalized spacial score (nSPS) is 24.6. The monoisotopic (exact) mass is 249 g/mol. The molecule has 0 amide bonds. The number of hydrogen-bond donors (Lipinski definition) is 2. The Bertz CT molecular complexity index is 581. The third-order valence-electron chi connectivity index (χ3n) is 3.70. The minimum absolute atomic E-state index is 0.0470. The Morgan fingerprint density at radius 1 is 1.33 bits per heavy atom. The number of imidazole rings is 1. The van der Waals surface area contributed by atoms with E-state index >= 15 is 0 Å². The van der Waals surface area contributed by atoms with Crippen molar-refractivity contribution in [2.24, 2.45) is 0 Å². The summed E-state index contributed by atoms with van der Waals surface area (Å²) in [6.07, 6.45) is 3.38. The first-order valence-corrected chi connectivity index (χ1v) is 6.28. The number of halogens is 1. The van der Waals surface area contributed by atoms with Gasteiger partial charge >= 0.3 is 0 Å². The summed E-state index contributed by atoms with van der Waals surface area (Å²) in [5.41, 5.74) is 7.25. The van der Waals surface area contributed by atoms with Crippen molar-refractivity contribution in [1.82, 2.24) is 9.55 Å². The fourth-order valence-electron chi connectivity index (χ4n) is 2.83. The van der Waals surface area contributed by atoms with Gasteiger partial charge in [0.1, 0.15) is 5.82 Å². The van der Waals surface area contributed by atoms with Crippen LogP contribution in [0, 0.1) is 5.82 Å². The molecule has 0 spiro atoms. The molecule has 1 aromatic heterocycles. The molecule has 5 heteroatoms. The molecule has 4 nitrogen and oxygen atoms in total. The first kappa shape index (κ1) is 11.5. The second-order valence-electron chi connectivity index (χ2n) is 4.89. The van der Waals surface area contributed by atoms with Crippen LogP contribution < -0.4 is 5.73 Å². The van der Waals surface area contributed by atoms with Crippen LogP contribution in [0.5, 0.6) is 0 Å². The summed E-state index contributed by atoms with van der Waals surface area (Å²) in [5.74, 6) is 0.0258. The highest BCUT2D eigenvalue weighted by molar-refractivity contribution is 5.78. The van der Waals surface area contributed by atoms with Crippen LogP contribution >= 0.6 is 0 Å². The summed E-state index contributed by atoms with van der Waals surface area (Å²) in [6.45, 7) is 0. The zero-order chi connectivity index (χ0) is 12.7. The van der Waals surface area contributed by atoms with Crippen molar-refractivity contribution in [3.05, 3.63) is 24.0 Å². The SMILES string of the molecule is Nc1nc2cc(F)ccc2n1C1CCCCC1O. The number of nitrogens with two attached hydrogens (primary N) is 1. The fraction of sp³-hybridized carbons (Fsp3) is 0.462. The van der Waals surface area contributed by atoms with Crippen LogP contribution in [0.2, 0.25) is 0 Å². The highest BCUT2D eigenvalue weighted by Crippen LogP contribution is 2.33. The summed E-state index contributed by atoms with van der Waals surface area (Å²) in [5, 5.41) is 10.1. The van der Waals surface area contributed by atoms with Crippen LogP contribution in [0.25, 0.3) is 11.0 Å². The van der Waals surface area contributed by atoms with E-state index in [2.05, 4.69) is 4.98 Å². The molecular formula is C13H16FN3O. The third kappa shape index (κ3) is 1.75. The van der Waals surface area contributed by atoms with E-state index in [1.165, 1.54) is 12.1 Å². The van der Waals surface area contributed by atoms with Gasteiger partial charge in [-0.1, -0.05) is 12.8 Å². The van der Waals surface area contributed by atoms with Gasteiger partial charge in [0.2, 0.25) is 5.95 Å². The Labute approximate surface area is 104 Å². The average molecular weight is 249 g/mol. The maximum absolute atomic E-state index is 13.2. The molecule has 18 heavy (non-hydrogen) atoms. The number of nitrogens with zero attached hydrogens (tertiary/aromatic N) is 2. The summed E-state index contributed by atoms with van der Waals surface area (Å²) in [7, 11) is 0. The minimum Gasteiger partial charge on any atom is -0.391 e. The van der Waals surface area contributed by atoms with E-state index < -0.39 is 6.10 Å². The van der Waals surface area contributed by atoms with Crippen molar-refractivity contribution in [3.8, 4) is 0 Å². The number of anilines is 1. The predicted molar refractivity (Wildman–Crippen MR) is 67.6 cm³/mol. The number of fused-ring (bicyclic) bond motifs is 1. The quantitative estimate of drug-likeness (QED) is 0.814. The number of benzene rings is 1. The van der Waals surface area contributed by atoms with Gasteiger partial charge in [-0.2, -0.15) is 0 Å². The van der Waals surface area contributed by atoms with E-state index in [0.717, 1.165) is 31.2 Å². The maximum Gasteiger partial charge on any atom is 0.201 e. The van der Waals surface area contributed by atoms with Crippen LogP contribution in [0.15, 0.2) is 18.2 Å². The molecule has 96 valence electrons. The molecular weight excluding hydrogens is 233 g/mol. The van der Waals surface area contributed by atoms with Crippen molar-refractivity contribution in [3.63, 3.8) is 0 Å². The molecule has 1 aliphatic carbocycles. The van der Waals surface area contributed by atoms with E-state index in [0.29, 0.717) is 11.5 Å². The van der Waals surface area contributed by atoms with Gasteiger partial charge in [0.15, 0.2) is 0 Å². The number of aliphatic hydroxyl groups excluding tert-OH is 1. The largest absolute Gasteiger partial charge is 0.391 e. The van der Waals surface area contributed by atoms with Gasteiger partial charge in [-0.3, -0.25) is 0 Å². The summed E-state index contributed by atoms with van der Waals surface area (Å²) in [6, 6.07) is 4.40. The molecule has 3 rings (SSSR count). The summed E-state index contributed by atoms with van der Waals surface area (Å²) >= 11 is 0. The smallest absolute Gasteiger partial charge is 0.201 e. The lowest BCUT2D eigenvalue weighted by Gasteiger charge is -2.29. The average Bonchev–Trinajstić information content (AvgIpc) is 2.65. The Kier molecular flexibility index (Phi) is 2.70. The van der Waals surface area contributed by atoms with Crippen molar-refractivity contribution in [2.45, 2.75) is 37.8 Å². The molecule has 2 aromatic rings. The minimum atomic E-state index is -0.400. The van der Waals surface area contributed by atoms with Crippen LogP contribution in [-0.2, 0) is 0 Å². The lowest BCUT2D eigenvalue weighted by Crippen LogP contribution is -2.28. The van der Waals surface area contributed by atoms with Crippen molar-refractivity contribution in [1.29, 1.82) is 0 Å². The van der Waals surface area contributed by atoms with E-state index in [9.17, 15) is 9.50 Å². The van der Waals surface area contributed by atoms with Crippen LogP contribution in [-0.4, -0.2) is 20.8 Å². The Balaban J connectivity index is 2.12. The number of rotatable bonds is 1. The standard InChI is InChI=1S/C13H16FN3O/c14-8-5-6-10-9(7-8)16-13(15)17(10)11-3-1-2-4-12(11)18/h5-7,11-12,18H,1-4H2,(H2,15,16). The number of nitrogen functional groups attached to an aromatic ring is 1. The topological polar surface area (TPSA) is 64.1 Å². The van der Waals surface area contributed by atoms with Crippen LogP contribution in [0.4, 0.5) is 10.3 Å². The van der Waals surface area contributed by atoms with Gasteiger partial charge in [0.05, 0.1) is 23.2 Å². The molecule has 1 aromatic carbocycles. The molecule has 3 N–H and O–H groups in total. The summed E-state index contributed by atoms with van der Waals surface area (Å²) < 4.78 is 15.0. The van der Waals surface area contributed by atoms with Crippen LogP contribution in [0.1, 0.15) is 31.7 Å². The van der Waals surface area contributed by atoms with Crippen LogP contribution in [0.3, 0.4) is 0 Å². The maximum atomic E-state index is 13.2. The predicted octanol–water partition coefficient (Wildman–Crippen LogP) is 2.23. The molecule has 2 unspecified atom stereocenters. The second-order valence-corrected chi connectivity index (χ2v) is 4.89. The molecule has 1 fully saturated rings. The van der Waals surface area contributed by atoms with E-state index in [4.69, 9.17) is 5.73 Å². The van der Waals surface area contributed by atoms with Gasteiger partial charge in [0, 0.05) is 6.07 Å². The third-order valence-corrected chi connectivity index (χ3v) is 3.70. The molecule has 0 saturated heterocycles. The fourth-order valence-corrected chi connectivity index (χ4v) is 2.83. The lowest BCUT2D eigenvalue weighted by molar-refractivity contribution is 0.0783. The van der Waals surface area contributed by atoms with Gasteiger partial charge in [-0.05, 0) is 25.0 Å². The Hall–Kier alpha value is -1.62. The highest BCUT2D eigenvalue weighted by atomic mass is 19.1. The molecule has 2 atom stereocenters. The Morgan fingerprint density at radius 2 is 2.11 bits per heavy atom. The molecule has 1 saturated carbocycles. The first-order valence-electron chi connectivity index (χ1n) is 6.28.